The van der Waals surface area contributed by atoms with Gasteiger partial charge in [0.05, 0.1) is 0 Å². The van der Waals surface area contributed by atoms with Crippen LogP contribution in [0.4, 0.5) is 5.69 Å². The maximum absolute atomic E-state index is 11.5. The van der Waals surface area contributed by atoms with Crippen molar-refractivity contribution in [2.45, 2.75) is 52.5 Å². The molecule has 0 bridgehead atoms. The number of nitrogens with one attached hydrogen (secondary N) is 1. The van der Waals surface area contributed by atoms with E-state index < -0.39 is 0 Å². The van der Waals surface area contributed by atoms with Gasteiger partial charge in [0.2, 0.25) is 5.91 Å². The SMILES string of the molecule is CC(C)(C)CC(N)c1ccc2c(c1)CCCC(=O)N2. The Morgan fingerprint density at radius 3 is 2.74 bits per heavy atom. The van der Waals surface area contributed by atoms with Gasteiger partial charge in [-0.25, -0.2) is 0 Å². The summed E-state index contributed by atoms with van der Waals surface area (Å²) < 4.78 is 0. The average molecular weight is 260 g/mol. The summed E-state index contributed by atoms with van der Waals surface area (Å²) in [6, 6.07) is 6.26. The fraction of sp³-hybridized carbons (Fsp3) is 0.562. The Labute approximate surface area is 115 Å². The smallest absolute Gasteiger partial charge is 0.224 e. The van der Waals surface area contributed by atoms with Crippen LogP contribution in [0.15, 0.2) is 18.2 Å². The van der Waals surface area contributed by atoms with Gasteiger partial charge in [0.25, 0.3) is 0 Å². The molecule has 0 fully saturated rings. The number of anilines is 1. The van der Waals surface area contributed by atoms with Gasteiger partial charge in [0.15, 0.2) is 0 Å². The van der Waals surface area contributed by atoms with Crippen molar-refractivity contribution in [1.82, 2.24) is 0 Å². The Hall–Kier alpha value is -1.35. The van der Waals surface area contributed by atoms with Gasteiger partial charge in [-0.1, -0.05) is 32.9 Å². The molecule has 1 aromatic carbocycles. The summed E-state index contributed by atoms with van der Waals surface area (Å²) in [7, 11) is 0. The number of hydrogen-bond acceptors (Lipinski definition) is 2. The largest absolute Gasteiger partial charge is 0.326 e. The molecule has 104 valence electrons. The number of aryl methyl sites for hydroxylation is 1. The van der Waals surface area contributed by atoms with Crippen molar-refractivity contribution in [2.75, 3.05) is 5.32 Å². The van der Waals surface area contributed by atoms with Crippen LogP contribution < -0.4 is 11.1 Å². The number of amides is 1. The highest BCUT2D eigenvalue weighted by Crippen LogP contribution is 2.30. The molecule has 1 aliphatic rings. The monoisotopic (exact) mass is 260 g/mol. The maximum Gasteiger partial charge on any atom is 0.224 e. The third-order valence-electron chi connectivity index (χ3n) is 3.51. The second kappa shape index (κ2) is 5.33. The van der Waals surface area contributed by atoms with Crippen LogP contribution in [-0.4, -0.2) is 5.91 Å². The molecular formula is C16H24N2O. The molecule has 0 saturated heterocycles. The topological polar surface area (TPSA) is 55.1 Å². The summed E-state index contributed by atoms with van der Waals surface area (Å²) >= 11 is 0. The van der Waals surface area contributed by atoms with Gasteiger partial charge in [0, 0.05) is 18.2 Å². The van der Waals surface area contributed by atoms with Crippen molar-refractivity contribution in [1.29, 1.82) is 0 Å². The van der Waals surface area contributed by atoms with E-state index in [1.165, 1.54) is 11.1 Å². The zero-order valence-corrected chi connectivity index (χ0v) is 12.1. The lowest BCUT2D eigenvalue weighted by Crippen LogP contribution is -2.19. The zero-order valence-electron chi connectivity index (χ0n) is 12.1. The lowest BCUT2D eigenvalue weighted by molar-refractivity contribution is -0.116. The molecule has 1 aromatic rings. The molecular weight excluding hydrogens is 236 g/mol. The molecule has 0 spiro atoms. The van der Waals surface area contributed by atoms with Crippen LogP contribution in [0.2, 0.25) is 0 Å². The first-order chi connectivity index (χ1) is 8.85. The zero-order chi connectivity index (χ0) is 14.0. The van der Waals surface area contributed by atoms with Gasteiger partial charge in [-0.05, 0) is 41.9 Å². The fourth-order valence-electron chi connectivity index (χ4n) is 2.60. The third-order valence-corrected chi connectivity index (χ3v) is 3.51. The Bertz CT molecular complexity index is 474. The van der Waals surface area contributed by atoms with E-state index >= 15 is 0 Å². The fourth-order valence-corrected chi connectivity index (χ4v) is 2.60. The van der Waals surface area contributed by atoms with E-state index in [9.17, 15) is 4.79 Å². The molecule has 1 unspecified atom stereocenters. The molecule has 1 atom stereocenters. The minimum absolute atomic E-state index is 0.0595. The number of hydrogen-bond donors (Lipinski definition) is 2. The van der Waals surface area contributed by atoms with Crippen LogP contribution in [0.3, 0.4) is 0 Å². The second-order valence-electron chi connectivity index (χ2n) is 6.69. The van der Waals surface area contributed by atoms with Crippen LogP contribution in [-0.2, 0) is 11.2 Å². The molecule has 0 aliphatic carbocycles. The second-order valence-corrected chi connectivity index (χ2v) is 6.69. The van der Waals surface area contributed by atoms with E-state index in [2.05, 4.69) is 32.2 Å². The average Bonchev–Trinajstić information content (AvgIpc) is 2.46. The van der Waals surface area contributed by atoms with Crippen LogP contribution in [0, 0.1) is 5.41 Å². The van der Waals surface area contributed by atoms with E-state index in [4.69, 9.17) is 5.73 Å². The summed E-state index contributed by atoms with van der Waals surface area (Å²) in [6.45, 7) is 6.61. The van der Waals surface area contributed by atoms with Gasteiger partial charge in [0.1, 0.15) is 0 Å². The lowest BCUT2D eigenvalue weighted by atomic mass is 9.85. The predicted molar refractivity (Wildman–Crippen MR) is 79.0 cm³/mol. The predicted octanol–water partition coefficient (Wildman–Crippen LogP) is 3.40. The van der Waals surface area contributed by atoms with Crippen LogP contribution in [0.5, 0.6) is 0 Å². The molecule has 19 heavy (non-hydrogen) atoms. The minimum atomic E-state index is 0.0595. The van der Waals surface area contributed by atoms with Crippen LogP contribution in [0.1, 0.15) is 57.2 Å². The van der Waals surface area contributed by atoms with E-state index in [0.717, 1.165) is 24.9 Å². The Morgan fingerprint density at radius 2 is 2.05 bits per heavy atom. The van der Waals surface area contributed by atoms with Crippen LogP contribution >= 0.6 is 0 Å². The maximum atomic E-state index is 11.5. The van der Waals surface area contributed by atoms with E-state index in [1.54, 1.807) is 0 Å². The summed E-state index contributed by atoms with van der Waals surface area (Å²) in [6.07, 6.45) is 3.43. The Morgan fingerprint density at radius 1 is 1.32 bits per heavy atom. The highest BCUT2D eigenvalue weighted by Gasteiger charge is 2.19. The number of carbonyl (C=O) groups is 1. The van der Waals surface area contributed by atoms with Gasteiger partial charge >= 0.3 is 0 Å². The first-order valence-corrected chi connectivity index (χ1v) is 7.03. The molecule has 3 N–H and O–H groups in total. The summed E-state index contributed by atoms with van der Waals surface area (Å²) in [4.78, 5) is 11.5. The van der Waals surface area contributed by atoms with Gasteiger partial charge in [-0.3, -0.25) is 4.79 Å². The quantitative estimate of drug-likeness (QED) is 0.856. The molecule has 1 amide bonds. The summed E-state index contributed by atoms with van der Waals surface area (Å²) in [5.74, 6) is 0.116. The number of rotatable bonds is 2. The summed E-state index contributed by atoms with van der Waals surface area (Å²) in [5, 5.41) is 2.96. The van der Waals surface area contributed by atoms with Gasteiger partial charge in [-0.15, -0.1) is 0 Å². The Balaban J connectivity index is 2.21. The number of carbonyl (C=O) groups excluding carboxylic acids is 1. The highest BCUT2D eigenvalue weighted by atomic mass is 16.1. The first-order valence-electron chi connectivity index (χ1n) is 7.03. The molecule has 1 heterocycles. The molecule has 2 rings (SSSR count). The molecule has 3 nitrogen and oxygen atoms in total. The molecule has 1 aliphatic heterocycles. The van der Waals surface area contributed by atoms with E-state index in [0.29, 0.717) is 6.42 Å². The van der Waals surface area contributed by atoms with Crippen molar-refractivity contribution < 1.29 is 4.79 Å². The summed E-state index contributed by atoms with van der Waals surface area (Å²) in [5.41, 5.74) is 9.86. The molecule has 3 heteroatoms. The minimum Gasteiger partial charge on any atom is -0.326 e. The van der Waals surface area contributed by atoms with Crippen LogP contribution in [0.25, 0.3) is 0 Å². The lowest BCUT2D eigenvalue weighted by Gasteiger charge is -2.24. The Kier molecular flexibility index (Phi) is 3.95. The van der Waals surface area contributed by atoms with E-state index in [-0.39, 0.29) is 17.4 Å². The number of fused-ring (bicyclic) bond motifs is 1. The normalized spacial score (nSPS) is 17.4. The van der Waals surface area contributed by atoms with Crippen molar-refractivity contribution in [3.05, 3.63) is 29.3 Å². The standard InChI is InChI=1S/C16H24N2O/c1-16(2,3)10-13(17)11-7-8-14-12(9-11)5-4-6-15(19)18-14/h7-9,13H,4-6,10,17H2,1-3H3,(H,18,19). The molecule has 0 radical (unpaired) electrons. The van der Waals surface area contributed by atoms with Gasteiger partial charge in [-0.2, -0.15) is 0 Å². The van der Waals surface area contributed by atoms with Crippen molar-refractivity contribution in [2.24, 2.45) is 11.1 Å². The number of benzene rings is 1. The molecule has 0 aromatic heterocycles. The molecule has 0 saturated carbocycles. The van der Waals surface area contributed by atoms with Gasteiger partial charge < -0.3 is 11.1 Å². The van der Waals surface area contributed by atoms with Crippen molar-refractivity contribution in [3.63, 3.8) is 0 Å². The number of nitrogens with two attached hydrogens (primary N) is 1. The van der Waals surface area contributed by atoms with E-state index in [1.807, 2.05) is 12.1 Å². The van der Waals surface area contributed by atoms with Crippen molar-refractivity contribution >= 4 is 11.6 Å². The highest BCUT2D eigenvalue weighted by molar-refractivity contribution is 5.92. The van der Waals surface area contributed by atoms with Crippen molar-refractivity contribution in [3.8, 4) is 0 Å². The third kappa shape index (κ3) is 3.80. The first kappa shape index (κ1) is 14.1.